The van der Waals surface area contributed by atoms with Crippen LogP contribution in [0, 0.1) is 5.92 Å². The summed E-state index contributed by atoms with van der Waals surface area (Å²) in [7, 11) is 0. The van der Waals surface area contributed by atoms with Crippen LogP contribution in [-0.4, -0.2) is 61.1 Å². The largest absolute Gasteiger partial charge is 0.449 e. The van der Waals surface area contributed by atoms with Crippen molar-refractivity contribution >= 4 is 17.7 Å². The number of piperazine rings is 1. The summed E-state index contributed by atoms with van der Waals surface area (Å²) in [5, 5.41) is 0. The Kier molecular flexibility index (Phi) is 5.91. The highest BCUT2D eigenvalue weighted by atomic mass is 35.5. The second-order valence-electron chi connectivity index (χ2n) is 4.49. The third kappa shape index (κ3) is 4.58. The lowest BCUT2D eigenvalue weighted by Crippen LogP contribution is -2.49. The van der Waals surface area contributed by atoms with Gasteiger partial charge in [0.05, 0.1) is 6.61 Å². The number of carbonyl (C=O) groups is 1. The molecule has 94 valence electrons. The summed E-state index contributed by atoms with van der Waals surface area (Å²) in [6.45, 7) is 8.74. The molecule has 0 atom stereocenters. The molecular weight excluding hydrogens is 228 g/mol. The summed E-state index contributed by atoms with van der Waals surface area (Å²) in [4.78, 5) is 15.7. The summed E-state index contributed by atoms with van der Waals surface area (Å²) in [5.41, 5.74) is 0. The Morgan fingerprint density at radius 3 is 2.44 bits per heavy atom. The molecule has 16 heavy (non-hydrogen) atoms. The van der Waals surface area contributed by atoms with E-state index in [1.54, 1.807) is 4.90 Å². The molecule has 0 radical (unpaired) electrons. The Labute approximate surface area is 102 Å². The van der Waals surface area contributed by atoms with E-state index in [9.17, 15) is 4.79 Å². The lowest BCUT2D eigenvalue weighted by Gasteiger charge is -2.33. The predicted octanol–water partition coefficient (Wildman–Crippen LogP) is 1.64. The fourth-order valence-corrected chi connectivity index (χ4v) is 1.84. The first-order valence-electron chi connectivity index (χ1n) is 5.83. The standard InChI is InChI=1S/C11H21ClN2O2/c1-10(2)9-16-11(15)14-7-5-13(4-3-12)6-8-14/h10H,3-9H2,1-2H3. The molecule has 1 amide bonds. The minimum absolute atomic E-state index is 0.181. The molecule has 4 nitrogen and oxygen atoms in total. The number of amides is 1. The molecule has 1 aliphatic rings. The number of halogens is 1. The summed E-state index contributed by atoms with van der Waals surface area (Å²) in [6, 6.07) is 0. The van der Waals surface area contributed by atoms with Crippen molar-refractivity contribution in [3.8, 4) is 0 Å². The van der Waals surface area contributed by atoms with Crippen molar-refractivity contribution in [2.75, 3.05) is 45.2 Å². The number of alkyl halides is 1. The minimum Gasteiger partial charge on any atom is -0.449 e. The van der Waals surface area contributed by atoms with E-state index < -0.39 is 0 Å². The molecule has 1 heterocycles. The molecule has 0 saturated carbocycles. The summed E-state index contributed by atoms with van der Waals surface area (Å²) in [6.07, 6.45) is -0.181. The van der Waals surface area contributed by atoms with E-state index in [-0.39, 0.29) is 6.09 Å². The lowest BCUT2D eigenvalue weighted by molar-refractivity contribution is 0.0704. The van der Waals surface area contributed by atoms with E-state index in [4.69, 9.17) is 16.3 Å². The van der Waals surface area contributed by atoms with Crippen LogP contribution < -0.4 is 0 Å². The van der Waals surface area contributed by atoms with Gasteiger partial charge in [-0.2, -0.15) is 0 Å². The fraction of sp³-hybridized carbons (Fsp3) is 0.909. The summed E-state index contributed by atoms with van der Waals surface area (Å²) >= 11 is 5.67. The molecular formula is C11H21ClN2O2. The maximum Gasteiger partial charge on any atom is 0.409 e. The molecule has 0 aromatic rings. The second kappa shape index (κ2) is 6.97. The van der Waals surface area contributed by atoms with Crippen LogP contribution in [0.4, 0.5) is 4.79 Å². The molecule has 1 rings (SSSR count). The molecule has 1 fully saturated rings. The number of nitrogens with zero attached hydrogens (tertiary/aromatic N) is 2. The van der Waals surface area contributed by atoms with Gasteiger partial charge in [0.1, 0.15) is 0 Å². The van der Waals surface area contributed by atoms with Gasteiger partial charge in [0.2, 0.25) is 0 Å². The molecule has 0 aliphatic carbocycles. The van der Waals surface area contributed by atoms with Crippen molar-refractivity contribution in [3.63, 3.8) is 0 Å². The second-order valence-corrected chi connectivity index (χ2v) is 4.87. The molecule has 5 heteroatoms. The van der Waals surface area contributed by atoms with Crippen molar-refractivity contribution in [2.45, 2.75) is 13.8 Å². The van der Waals surface area contributed by atoms with Gasteiger partial charge >= 0.3 is 6.09 Å². The Hall–Kier alpha value is -0.480. The van der Waals surface area contributed by atoms with Crippen molar-refractivity contribution in [2.24, 2.45) is 5.92 Å². The Morgan fingerprint density at radius 1 is 1.31 bits per heavy atom. The van der Waals surface area contributed by atoms with Crippen LogP contribution in [0.1, 0.15) is 13.8 Å². The first-order chi connectivity index (χ1) is 7.63. The number of hydrogen-bond acceptors (Lipinski definition) is 3. The average Bonchev–Trinajstić information content (AvgIpc) is 2.27. The Balaban J connectivity index is 2.22. The fourth-order valence-electron chi connectivity index (χ4n) is 1.60. The predicted molar refractivity (Wildman–Crippen MR) is 64.9 cm³/mol. The van der Waals surface area contributed by atoms with Gasteiger partial charge in [0, 0.05) is 38.6 Å². The van der Waals surface area contributed by atoms with E-state index >= 15 is 0 Å². The SMILES string of the molecule is CC(C)COC(=O)N1CCN(CCCl)CC1. The van der Waals surface area contributed by atoms with Crippen molar-refractivity contribution in [1.29, 1.82) is 0 Å². The van der Waals surface area contributed by atoms with Gasteiger partial charge in [-0.25, -0.2) is 4.79 Å². The first kappa shape index (κ1) is 13.6. The van der Waals surface area contributed by atoms with Crippen LogP contribution >= 0.6 is 11.6 Å². The van der Waals surface area contributed by atoms with Crippen LogP contribution in [-0.2, 0) is 4.74 Å². The molecule has 0 bridgehead atoms. The number of rotatable bonds is 4. The van der Waals surface area contributed by atoms with Crippen molar-refractivity contribution in [3.05, 3.63) is 0 Å². The Bertz CT molecular complexity index is 216. The van der Waals surface area contributed by atoms with Gasteiger partial charge in [0.15, 0.2) is 0 Å². The lowest BCUT2D eigenvalue weighted by atomic mass is 10.2. The normalized spacial score (nSPS) is 17.9. The highest BCUT2D eigenvalue weighted by molar-refractivity contribution is 6.18. The van der Waals surface area contributed by atoms with Gasteiger partial charge in [0.25, 0.3) is 0 Å². The van der Waals surface area contributed by atoms with Crippen LogP contribution in [0.3, 0.4) is 0 Å². The number of hydrogen-bond donors (Lipinski definition) is 0. The van der Waals surface area contributed by atoms with E-state index in [1.807, 2.05) is 13.8 Å². The average molecular weight is 249 g/mol. The van der Waals surface area contributed by atoms with Crippen LogP contribution in [0.2, 0.25) is 0 Å². The molecule has 0 unspecified atom stereocenters. The van der Waals surface area contributed by atoms with E-state index in [2.05, 4.69) is 4.90 Å². The number of carbonyl (C=O) groups excluding carboxylic acids is 1. The third-order valence-corrected chi connectivity index (χ3v) is 2.74. The minimum atomic E-state index is -0.181. The maximum atomic E-state index is 11.6. The zero-order valence-electron chi connectivity index (χ0n) is 10.1. The third-order valence-electron chi connectivity index (χ3n) is 2.57. The molecule has 1 saturated heterocycles. The van der Waals surface area contributed by atoms with Gasteiger partial charge in [-0.05, 0) is 5.92 Å². The van der Waals surface area contributed by atoms with Gasteiger partial charge in [-0.15, -0.1) is 11.6 Å². The van der Waals surface area contributed by atoms with Crippen molar-refractivity contribution < 1.29 is 9.53 Å². The maximum absolute atomic E-state index is 11.6. The highest BCUT2D eigenvalue weighted by Crippen LogP contribution is 2.05. The van der Waals surface area contributed by atoms with Crippen LogP contribution in [0.5, 0.6) is 0 Å². The van der Waals surface area contributed by atoms with Crippen molar-refractivity contribution in [1.82, 2.24) is 9.80 Å². The monoisotopic (exact) mass is 248 g/mol. The summed E-state index contributed by atoms with van der Waals surface area (Å²) in [5.74, 6) is 1.04. The quantitative estimate of drug-likeness (QED) is 0.709. The summed E-state index contributed by atoms with van der Waals surface area (Å²) < 4.78 is 5.18. The number of ether oxygens (including phenoxy) is 1. The smallest absolute Gasteiger partial charge is 0.409 e. The zero-order valence-corrected chi connectivity index (χ0v) is 10.9. The topological polar surface area (TPSA) is 32.8 Å². The van der Waals surface area contributed by atoms with Gasteiger partial charge in [-0.1, -0.05) is 13.8 Å². The molecule has 0 aromatic heterocycles. The van der Waals surface area contributed by atoms with E-state index in [0.717, 1.165) is 32.7 Å². The first-order valence-corrected chi connectivity index (χ1v) is 6.37. The molecule has 0 spiro atoms. The van der Waals surface area contributed by atoms with Crippen LogP contribution in [0.25, 0.3) is 0 Å². The molecule has 1 aliphatic heterocycles. The highest BCUT2D eigenvalue weighted by Gasteiger charge is 2.21. The molecule has 0 N–H and O–H groups in total. The van der Waals surface area contributed by atoms with Crippen LogP contribution in [0.15, 0.2) is 0 Å². The van der Waals surface area contributed by atoms with E-state index in [0.29, 0.717) is 18.4 Å². The molecule has 0 aromatic carbocycles. The Morgan fingerprint density at radius 2 is 1.94 bits per heavy atom. The van der Waals surface area contributed by atoms with Gasteiger partial charge < -0.3 is 9.64 Å². The van der Waals surface area contributed by atoms with E-state index in [1.165, 1.54) is 0 Å². The zero-order chi connectivity index (χ0) is 12.0. The van der Waals surface area contributed by atoms with Gasteiger partial charge in [-0.3, -0.25) is 4.90 Å².